The molecule has 212 valence electrons. The number of sulfone groups is 1. The molecule has 9 nitrogen and oxygen atoms in total. The van der Waals surface area contributed by atoms with Crippen molar-refractivity contribution in [3.8, 4) is 21.8 Å². The number of hydrogen-bond acceptors (Lipinski definition) is 8. The first-order chi connectivity index (χ1) is 19.8. The summed E-state index contributed by atoms with van der Waals surface area (Å²) in [6.45, 7) is 0.240. The van der Waals surface area contributed by atoms with Gasteiger partial charge in [-0.15, -0.1) is 11.3 Å². The van der Waals surface area contributed by atoms with Crippen LogP contribution in [0.15, 0.2) is 83.7 Å². The van der Waals surface area contributed by atoms with E-state index in [4.69, 9.17) is 4.42 Å². The molecule has 1 saturated carbocycles. The number of amides is 2. The van der Waals surface area contributed by atoms with Crippen LogP contribution in [-0.4, -0.2) is 54.2 Å². The summed E-state index contributed by atoms with van der Waals surface area (Å²) in [5, 5.41) is 9.37. The van der Waals surface area contributed by atoms with Crippen LogP contribution in [0.5, 0.6) is 0 Å². The molecule has 4 aromatic rings. The van der Waals surface area contributed by atoms with Crippen LogP contribution in [0.25, 0.3) is 21.8 Å². The summed E-state index contributed by atoms with van der Waals surface area (Å²) in [7, 11) is -3.92. The third-order valence-electron chi connectivity index (χ3n) is 8.30. The summed E-state index contributed by atoms with van der Waals surface area (Å²) in [6, 6.07) is 20.8. The van der Waals surface area contributed by atoms with Crippen LogP contribution < -0.4 is 5.48 Å². The van der Waals surface area contributed by atoms with Gasteiger partial charge in [-0.05, 0) is 42.5 Å². The molecular formula is C30H29N3O6S2. The number of nitrogens with zero attached hydrogens (tertiary/aromatic N) is 2. The molecule has 2 N–H and O–H groups in total. The highest BCUT2D eigenvalue weighted by Gasteiger charge is 2.55. The van der Waals surface area contributed by atoms with E-state index in [9.17, 15) is 23.2 Å². The molecule has 0 bridgehead atoms. The second-order valence-corrected chi connectivity index (χ2v) is 14.1. The molecule has 41 heavy (non-hydrogen) atoms. The van der Waals surface area contributed by atoms with Gasteiger partial charge in [0.25, 0.3) is 0 Å². The fraction of sp³-hybridized carbons (Fsp3) is 0.300. The monoisotopic (exact) mass is 591 g/mol. The van der Waals surface area contributed by atoms with Crippen molar-refractivity contribution >= 4 is 33.0 Å². The Morgan fingerprint density at radius 1 is 0.976 bits per heavy atom. The lowest BCUT2D eigenvalue weighted by molar-refractivity contribution is -0.133. The Kier molecular flexibility index (Phi) is 7.04. The van der Waals surface area contributed by atoms with Gasteiger partial charge in [-0.1, -0.05) is 54.6 Å². The molecule has 2 aliphatic rings. The molecule has 1 atom stereocenters. The van der Waals surface area contributed by atoms with Gasteiger partial charge in [-0.2, -0.15) is 0 Å². The normalized spacial score (nSPS) is 21.1. The first-order valence-electron chi connectivity index (χ1n) is 13.4. The molecule has 2 fully saturated rings. The smallest absolute Gasteiger partial charge is 0.245 e. The minimum atomic E-state index is -3.92. The van der Waals surface area contributed by atoms with Gasteiger partial charge in [-0.25, -0.2) is 18.9 Å². The van der Waals surface area contributed by atoms with Gasteiger partial charge in [0, 0.05) is 28.4 Å². The van der Waals surface area contributed by atoms with Crippen LogP contribution in [0, 0.1) is 0 Å². The summed E-state index contributed by atoms with van der Waals surface area (Å²) in [4.78, 5) is 33.3. The molecule has 2 aromatic carbocycles. The number of benzene rings is 2. The van der Waals surface area contributed by atoms with Crippen LogP contribution in [0.2, 0.25) is 0 Å². The minimum absolute atomic E-state index is 0.0454. The average molecular weight is 592 g/mol. The van der Waals surface area contributed by atoms with Crippen molar-refractivity contribution in [3.63, 3.8) is 0 Å². The van der Waals surface area contributed by atoms with E-state index in [1.54, 1.807) is 22.6 Å². The predicted octanol–water partition coefficient (Wildman–Crippen LogP) is 4.54. The van der Waals surface area contributed by atoms with Gasteiger partial charge in [0.1, 0.15) is 4.75 Å². The molecule has 0 radical (unpaired) electrons. The Hall–Kier alpha value is -3.80. The number of thiophene rings is 1. The standard InChI is InChI=1S/C30H29N3O6S2/c34-27(32-36)18-30(26-11-10-25(40-26)22-8-6-21(7-9-22)24-19-31-20-39-24)14-15-33(16-17-41(30,37)38)28(35)29(12-13-29)23-4-2-1-3-5-23/h1-11,19-20,36H,12-18H2,(H,32,34). The lowest BCUT2D eigenvalue weighted by Crippen LogP contribution is -2.42. The average Bonchev–Trinajstić information content (AvgIpc) is 3.39. The fourth-order valence-electron chi connectivity index (χ4n) is 5.78. The first-order valence-corrected chi connectivity index (χ1v) is 15.8. The molecule has 2 amide bonds. The number of oxazole rings is 1. The van der Waals surface area contributed by atoms with Crippen LogP contribution in [0.3, 0.4) is 0 Å². The first kappa shape index (κ1) is 27.4. The second-order valence-electron chi connectivity index (χ2n) is 10.6. The number of carbonyl (C=O) groups is 2. The van der Waals surface area contributed by atoms with E-state index in [1.165, 1.54) is 17.7 Å². The number of nitrogens with one attached hydrogen (secondary N) is 1. The van der Waals surface area contributed by atoms with Crippen molar-refractivity contribution < 1.29 is 27.6 Å². The van der Waals surface area contributed by atoms with Crippen LogP contribution in [0.1, 0.15) is 36.1 Å². The number of rotatable bonds is 7. The van der Waals surface area contributed by atoms with E-state index in [0.29, 0.717) is 10.6 Å². The van der Waals surface area contributed by atoms with Crippen molar-refractivity contribution in [3.05, 3.63) is 89.8 Å². The third kappa shape index (κ3) is 4.87. The highest BCUT2D eigenvalue weighted by Crippen LogP contribution is 2.51. The van der Waals surface area contributed by atoms with Crippen molar-refractivity contribution in [2.45, 2.75) is 35.8 Å². The lowest BCUT2D eigenvalue weighted by Gasteiger charge is -2.31. The molecule has 3 heterocycles. The number of carbonyl (C=O) groups excluding carboxylic acids is 2. The van der Waals surface area contributed by atoms with Crippen LogP contribution >= 0.6 is 11.3 Å². The zero-order valence-electron chi connectivity index (χ0n) is 22.2. The molecule has 0 spiro atoms. The zero-order valence-corrected chi connectivity index (χ0v) is 23.8. The summed E-state index contributed by atoms with van der Waals surface area (Å²) >= 11 is 1.30. The predicted molar refractivity (Wildman–Crippen MR) is 154 cm³/mol. The highest BCUT2D eigenvalue weighted by atomic mass is 32.2. The van der Waals surface area contributed by atoms with Crippen LogP contribution in [0.4, 0.5) is 0 Å². The Morgan fingerprint density at radius 2 is 1.71 bits per heavy atom. The second kappa shape index (κ2) is 10.6. The van der Waals surface area contributed by atoms with E-state index in [2.05, 4.69) is 4.98 Å². The van der Waals surface area contributed by atoms with E-state index in [1.807, 2.05) is 60.7 Å². The maximum absolute atomic E-state index is 14.0. The van der Waals surface area contributed by atoms with Gasteiger partial charge in [0.05, 0.1) is 23.8 Å². The van der Waals surface area contributed by atoms with E-state index in [-0.39, 0.29) is 31.2 Å². The third-order valence-corrected chi connectivity index (χ3v) is 12.2. The molecule has 1 saturated heterocycles. The number of hydrogen-bond donors (Lipinski definition) is 2. The summed E-state index contributed by atoms with van der Waals surface area (Å²) in [5.41, 5.74) is 3.69. The molecule has 2 aromatic heterocycles. The molecule has 11 heteroatoms. The fourth-order valence-corrected chi connectivity index (χ4v) is 9.39. The van der Waals surface area contributed by atoms with Crippen molar-refractivity contribution in [2.24, 2.45) is 0 Å². The van der Waals surface area contributed by atoms with E-state index in [0.717, 1.165) is 34.4 Å². The van der Waals surface area contributed by atoms with Gasteiger partial charge in [-0.3, -0.25) is 14.8 Å². The highest BCUT2D eigenvalue weighted by molar-refractivity contribution is 7.92. The number of aromatic nitrogens is 1. The Labute approximate surface area is 241 Å². The minimum Gasteiger partial charge on any atom is -0.444 e. The lowest BCUT2D eigenvalue weighted by atomic mass is 9.93. The molecule has 1 aliphatic carbocycles. The van der Waals surface area contributed by atoms with Crippen molar-refractivity contribution in [1.82, 2.24) is 15.4 Å². The number of hydroxylamine groups is 1. The van der Waals surface area contributed by atoms with Gasteiger partial charge >= 0.3 is 0 Å². The maximum Gasteiger partial charge on any atom is 0.245 e. The zero-order chi connectivity index (χ0) is 28.7. The van der Waals surface area contributed by atoms with Crippen molar-refractivity contribution in [2.75, 3.05) is 18.8 Å². The van der Waals surface area contributed by atoms with E-state index < -0.39 is 32.3 Å². The van der Waals surface area contributed by atoms with Gasteiger partial charge in [0.2, 0.25) is 11.8 Å². The SMILES string of the molecule is O=C(CC1(c2ccc(-c3ccc(-c4cnco4)cc3)s2)CCN(C(=O)C2(c3ccccc3)CC2)CCS1(=O)=O)NO. The molecule has 1 aliphatic heterocycles. The Bertz CT molecular complexity index is 1660. The van der Waals surface area contributed by atoms with Gasteiger partial charge < -0.3 is 9.32 Å². The Morgan fingerprint density at radius 3 is 2.37 bits per heavy atom. The maximum atomic E-state index is 14.0. The topological polar surface area (TPSA) is 130 Å². The molecule has 6 rings (SSSR count). The van der Waals surface area contributed by atoms with Crippen molar-refractivity contribution in [1.29, 1.82) is 0 Å². The summed E-state index contributed by atoms with van der Waals surface area (Å²) in [5.74, 6) is -0.495. The largest absolute Gasteiger partial charge is 0.444 e. The summed E-state index contributed by atoms with van der Waals surface area (Å²) in [6.07, 6.45) is 4.04. The Balaban J connectivity index is 1.31. The molecular weight excluding hydrogens is 562 g/mol. The quantitative estimate of drug-likeness (QED) is 0.238. The van der Waals surface area contributed by atoms with Crippen LogP contribution in [-0.2, 0) is 29.6 Å². The van der Waals surface area contributed by atoms with E-state index >= 15 is 0 Å². The summed E-state index contributed by atoms with van der Waals surface area (Å²) < 4.78 is 31.8. The molecule has 1 unspecified atom stereocenters. The van der Waals surface area contributed by atoms with Gasteiger partial charge in [0.15, 0.2) is 22.0 Å².